The van der Waals surface area contributed by atoms with Gasteiger partial charge in [-0.05, 0) is 66.2 Å². The van der Waals surface area contributed by atoms with E-state index in [2.05, 4.69) is 41.8 Å². The minimum atomic E-state index is -0.316. The quantitative estimate of drug-likeness (QED) is 0.346. The molecule has 5 N–H and O–H groups in total. The maximum Gasteiger partial charge on any atom is 0.226 e. The van der Waals surface area contributed by atoms with Crippen LogP contribution >= 0.6 is 31.9 Å². The van der Waals surface area contributed by atoms with Crippen LogP contribution in [0.2, 0.25) is 0 Å². The number of hydrogen-bond acceptors (Lipinski definition) is 4. The Morgan fingerprint density at radius 2 is 1.73 bits per heavy atom. The van der Waals surface area contributed by atoms with Crippen LogP contribution in [0.15, 0.2) is 39.5 Å². The Labute approximate surface area is 166 Å². The van der Waals surface area contributed by atoms with Gasteiger partial charge in [0.05, 0.1) is 34.6 Å². The van der Waals surface area contributed by atoms with Crippen LogP contribution in [0.25, 0.3) is 11.1 Å². The van der Waals surface area contributed by atoms with Crippen molar-refractivity contribution in [1.29, 1.82) is 0 Å². The average Bonchev–Trinajstić information content (AvgIpc) is 3.28. The molecular weight excluding hydrogens is 468 g/mol. The smallest absolute Gasteiger partial charge is 0.226 e. The molecule has 0 amide bonds. The third kappa shape index (κ3) is 3.19. The van der Waals surface area contributed by atoms with Crippen LogP contribution in [0, 0.1) is 0 Å². The van der Waals surface area contributed by atoms with E-state index in [1.54, 1.807) is 30.5 Å². The van der Waals surface area contributed by atoms with Gasteiger partial charge in [0.15, 0.2) is 0 Å². The summed E-state index contributed by atoms with van der Waals surface area (Å²) in [6.07, 6.45) is 1.67. The molecule has 2 aromatic heterocycles. The van der Waals surface area contributed by atoms with Gasteiger partial charge in [-0.15, -0.1) is 0 Å². The number of ketones is 1. The normalized spacial score (nSPS) is 11.1. The molecule has 0 aliphatic heterocycles. The molecule has 0 saturated heterocycles. The van der Waals surface area contributed by atoms with Gasteiger partial charge in [-0.25, -0.2) is 0 Å². The zero-order valence-electron chi connectivity index (χ0n) is 13.5. The van der Waals surface area contributed by atoms with Crippen LogP contribution in [0.3, 0.4) is 0 Å². The number of benzene rings is 1. The van der Waals surface area contributed by atoms with Gasteiger partial charge in [0.1, 0.15) is 5.69 Å². The number of aliphatic hydroxyl groups excluding tert-OH is 3. The second-order valence-corrected chi connectivity index (χ2v) is 7.21. The van der Waals surface area contributed by atoms with E-state index < -0.39 is 0 Å². The van der Waals surface area contributed by atoms with E-state index in [-0.39, 0.29) is 25.6 Å². The summed E-state index contributed by atoms with van der Waals surface area (Å²) < 4.78 is 1.11. The molecule has 3 aromatic rings. The van der Waals surface area contributed by atoms with Gasteiger partial charge in [-0.1, -0.05) is 12.1 Å². The summed E-state index contributed by atoms with van der Waals surface area (Å²) in [7, 11) is 0. The lowest BCUT2D eigenvalue weighted by Crippen LogP contribution is -2.04. The van der Waals surface area contributed by atoms with E-state index in [0.29, 0.717) is 48.3 Å². The predicted molar refractivity (Wildman–Crippen MR) is 104 cm³/mol. The molecule has 0 unspecified atom stereocenters. The summed E-state index contributed by atoms with van der Waals surface area (Å²) in [4.78, 5) is 18.6. The fourth-order valence-electron chi connectivity index (χ4n) is 2.95. The monoisotopic (exact) mass is 482 g/mol. The molecule has 0 fully saturated rings. The number of H-pyrrole nitrogens is 2. The minimum Gasteiger partial charge on any atom is -0.392 e. The van der Waals surface area contributed by atoms with E-state index in [4.69, 9.17) is 0 Å². The van der Waals surface area contributed by atoms with E-state index in [1.165, 1.54) is 0 Å². The molecule has 0 atom stereocenters. The second-order valence-electron chi connectivity index (χ2n) is 5.62. The van der Waals surface area contributed by atoms with Crippen molar-refractivity contribution in [3.8, 4) is 11.1 Å². The van der Waals surface area contributed by atoms with Crippen LogP contribution in [-0.2, 0) is 19.8 Å². The third-order valence-electron chi connectivity index (χ3n) is 4.25. The molecule has 0 aliphatic carbocycles. The molecule has 0 radical (unpaired) electrons. The summed E-state index contributed by atoms with van der Waals surface area (Å²) in [6, 6.07) is 6.86. The lowest BCUT2D eigenvalue weighted by Gasteiger charge is -2.15. The summed E-state index contributed by atoms with van der Waals surface area (Å²) >= 11 is 6.92. The average molecular weight is 484 g/mol. The fourth-order valence-corrected chi connectivity index (χ4v) is 4.52. The first-order chi connectivity index (χ1) is 12.5. The highest BCUT2D eigenvalue weighted by atomic mass is 79.9. The second kappa shape index (κ2) is 7.89. The number of carbonyl (C=O) groups is 1. The van der Waals surface area contributed by atoms with Gasteiger partial charge in [-0.3, -0.25) is 4.79 Å². The molecule has 136 valence electrons. The molecule has 8 heteroatoms. The summed E-state index contributed by atoms with van der Waals surface area (Å²) in [5.74, 6) is -0.214. The van der Waals surface area contributed by atoms with Crippen LogP contribution in [0.1, 0.15) is 32.9 Å². The highest BCUT2D eigenvalue weighted by Gasteiger charge is 2.24. The topological polar surface area (TPSA) is 109 Å². The number of halogens is 2. The molecular formula is C18H16Br2N2O4. The van der Waals surface area contributed by atoms with E-state index in [1.807, 2.05) is 0 Å². The Kier molecular flexibility index (Phi) is 5.79. The van der Waals surface area contributed by atoms with Crippen molar-refractivity contribution in [3.05, 3.63) is 67.6 Å². The number of carbonyl (C=O) groups excluding carboxylic acids is 1. The zero-order valence-corrected chi connectivity index (χ0v) is 16.7. The molecule has 6 nitrogen and oxygen atoms in total. The van der Waals surface area contributed by atoms with Gasteiger partial charge in [0, 0.05) is 11.8 Å². The number of aliphatic hydroxyl groups is 3. The third-order valence-corrected chi connectivity index (χ3v) is 5.63. The van der Waals surface area contributed by atoms with Gasteiger partial charge < -0.3 is 25.3 Å². The molecule has 1 aromatic carbocycles. The van der Waals surface area contributed by atoms with Crippen LogP contribution in [0.5, 0.6) is 0 Å². The minimum absolute atomic E-state index is 0.214. The lowest BCUT2D eigenvalue weighted by atomic mass is 9.93. The fraction of sp³-hybridized carbons (Fsp3) is 0.167. The Bertz CT molecular complexity index is 949. The zero-order chi connectivity index (χ0) is 18.8. The maximum atomic E-state index is 12.7. The molecule has 3 rings (SSSR count). The molecule has 0 bridgehead atoms. The summed E-state index contributed by atoms with van der Waals surface area (Å²) in [5, 5.41) is 29.0. The Morgan fingerprint density at radius 3 is 2.31 bits per heavy atom. The molecule has 0 saturated carbocycles. The van der Waals surface area contributed by atoms with Gasteiger partial charge >= 0.3 is 0 Å². The van der Waals surface area contributed by atoms with Crippen molar-refractivity contribution in [2.45, 2.75) is 19.8 Å². The molecule has 26 heavy (non-hydrogen) atoms. The number of aromatic amines is 2. The van der Waals surface area contributed by atoms with E-state index in [9.17, 15) is 20.1 Å². The molecule has 0 aliphatic rings. The largest absolute Gasteiger partial charge is 0.392 e. The van der Waals surface area contributed by atoms with Crippen LogP contribution < -0.4 is 0 Å². The maximum absolute atomic E-state index is 12.7. The Hall–Kier alpha value is -1.71. The van der Waals surface area contributed by atoms with Crippen molar-refractivity contribution >= 4 is 37.6 Å². The van der Waals surface area contributed by atoms with E-state index >= 15 is 0 Å². The number of hydrogen-bond donors (Lipinski definition) is 5. The van der Waals surface area contributed by atoms with Crippen LogP contribution in [-0.4, -0.2) is 31.1 Å². The van der Waals surface area contributed by atoms with E-state index in [0.717, 1.165) is 0 Å². The van der Waals surface area contributed by atoms with Crippen molar-refractivity contribution in [3.63, 3.8) is 0 Å². The summed E-state index contributed by atoms with van der Waals surface area (Å²) in [5.41, 5.74) is 3.63. The number of nitrogens with one attached hydrogen (secondary N) is 2. The Morgan fingerprint density at radius 1 is 1.00 bits per heavy atom. The molecule has 2 heterocycles. The summed E-state index contributed by atoms with van der Waals surface area (Å²) in [6.45, 7) is -0.869. The first-order valence-electron chi connectivity index (χ1n) is 7.75. The van der Waals surface area contributed by atoms with Crippen LogP contribution in [0.4, 0.5) is 0 Å². The number of aromatic nitrogens is 2. The van der Waals surface area contributed by atoms with Crippen molar-refractivity contribution in [1.82, 2.24) is 9.97 Å². The first kappa shape index (κ1) is 19.1. The first-order valence-corrected chi connectivity index (χ1v) is 9.33. The van der Waals surface area contributed by atoms with Gasteiger partial charge in [0.25, 0.3) is 0 Å². The highest BCUT2D eigenvalue weighted by molar-refractivity contribution is 9.11. The van der Waals surface area contributed by atoms with Gasteiger partial charge in [-0.2, -0.15) is 0 Å². The van der Waals surface area contributed by atoms with Crippen molar-refractivity contribution in [2.24, 2.45) is 0 Å². The van der Waals surface area contributed by atoms with Crippen molar-refractivity contribution < 1.29 is 20.1 Å². The Balaban J connectivity index is 2.18. The number of rotatable bonds is 6. The van der Waals surface area contributed by atoms with Gasteiger partial charge in [0.2, 0.25) is 5.78 Å². The standard InChI is InChI=1S/C18H16Br2N2O4/c19-15-14(10-4-3-9(6-23)11(7-24)12(10)8-25)18(20)22-16(15)17(26)13-2-1-5-21-13/h1-5,21-25H,6-8H2. The SMILES string of the molecule is O=C(c1ccc[nH]1)c1[nH]c(Br)c(-c2ccc(CO)c(CO)c2CO)c1Br. The predicted octanol–water partition coefficient (Wildman–Crippen LogP) is 3.24. The highest BCUT2D eigenvalue weighted by Crippen LogP contribution is 2.41. The van der Waals surface area contributed by atoms with Crippen molar-refractivity contribution in [2.75, 3.05) is 0 Å². The lowest BCUT2D eigenvalue weighted by molar-refractivity contribution is 0.103. The molecule has 0 spiro atoms.